The van der Waals surface area contributed by atoms with Crippen molar-refractivity contribution >= 4 is 49.2 Å². The van der Waals surface area contributed by atoms with Crippen LogP contribution in [0.2, 0.25) is 0 Å². The van der Waals surface area contributed by atoms with E-state index >= 15 is 0 Å². The molecule has 1 aromatic heterocycles. The molecule has 46 heavy (non-hydrogen) atoms. The number of sulfone groups is 1. The van der Waals surface area contributed by atoms with Crippen molar-refractivity contribution in [1.82, 2.24) is 14.7 Å². The molecule has 1 fully saturated rings. The van der Waals surface area contributed by atoms with Crippen molar-refractivity contribution in [3.05, 3.63) is 106 Å². The number of rotatable bonds is 7. The van der Waals surface area contributed by atoms with Crippen LogP contribution in [0, 0.1) is 11.3 Å². The molecule has 0 radical (unpaired) electrons. The molecule has 0 bridgehead atoms. The highest BCUT2D eigenvalue weighted by molar-refractivity contribution is 9.10. The van der Waals surface area contributed by atoms with Gasteiger partial charge in [0, 0.05) is 22.9 Å². The van der Waals surface area contributed by atoms with Crippen molar-refractivity contribution in [3.63, 3.8) is 0 Å². The Balaban J connectivity index is 1.60. The number of carbonyl (C=O) groups is 2. The van der Waals surface area contributed by atoms with Crippen LogP contribution in [0.4, 0.5) is 0 Å². The molecular formula is C34H27BrN4O6S. The van der Waals surface area contributed by atoms with Crippen molar-refractivity contribution in [2.45, 2.75) is 12.5 Å². The van der Waals surface area contributed by atoms with Crippen molar-refractivity contribution in [1.29, 1.82) is 5.26 Å². The van der Waals surface area contributed by atoms with Gasteiger partial charge in [-0.1, -0.05) is 30.3 Å². The molecule has 3 heterocycles. The number of carbonyl (C=O) groups excluding carboxylic acids is 2. The summed E-state index contributed by atoms with van der Waals surface area (Å²) >= 11 is 3.54. The zero-order chi connectivity index (χ0) is 32.6. The number of halogens is 1. The maximum atomic E-state index is 14.4. The molecule has 1 unspecified atom stereocenters. The number of ether oxygens (including phenoxy) is 2. The summed E-state index contributed by atoms with van der Waals surface area (Å²) in [5.74, 6) is -0.840. The minimum atomic E-state index is -3.45. The van der Waals surface area contributed by atoms with Gasteiger partial charge in [0.25, 0.3) is 11.8 Å². The lowest BCUT2D eigenvalue weighted by molar-refractivity contribution is -0.142. The first-order valence-corrected chi connectivity index (χ1v) is 16.8. The molecule has 6 rings (SSSR count). The lowest BCUT2D eigenvalue weighted by Crippen LogP contribution is -2.49. The van der Waals surface area contributed by atoms with Crippen LogP contribution >= 0.6 is 15.9 Å². The molecule has 12 heteroatoms. The van der Waals surface area contributed by atoms with Gasteiger partial charge in [-0.25, -0.2) is 13.1 Å². The van der Waals surface area contributed by atoms with Gasteiger partial charge in [-0.05, 0) is 76.5 Å². The SMILES string of the molecule is COc1ccc(C2=C(C#N)C(=O)N(C3CCS(=O)(=O)C3)C(=O)/C2=C\c2cn(-c3ccccc3)nc2-c2ccc(OC)c(Br)c2)cc1. The molecule has 3 aromatic carbocycles. The van der Waals surface area contributed by atoms with Crippen molar-refractivity contribution < 1.29 is 27.5 Å². The molecule has 10 nitrogen and oxygen atoms in total. The third-order valence-corrected chi connectivity index (χ3v) is 10.3. The van der Waals surface area contributed by atoms with E-state index in [-0.39, 0.29) is 34.6 Å². The molecule has 0 spiro atoms. The fourth-order valence-electron chi connectivity index (χ4n) is 5.70. The van der Waals surface area contributed by atoms with E-state index in [0.717, 1.165) is 10.6 Å². The van der Waals surface area contributed by atoms with E-state index in [9.17, 15) is 23.3 Å². The Morgan fingerprint density at radius 2 is 1.70 bits per heavy atom. The molecule has 0 saturated carbocycles. The molecule has 2 amide bonds. The second-order valence-corrected chi connectivity index (χ2v) is 13.8. The maximum Gasteiger partial charge on any atom is 0.272 e. The zero-order valence-corrected chi connectivity index (χ0v) is 27.2. The largest absolute Gasteiger partial charge is 0.497 e. The van der Waals surface area contributed by atoms with Gasteiger partial charge >= 0.3 is 0 Å². The van der Waals surface area contributed by atoms with Crippen molar-refractivity contribution in [2.24, 2.45) is 0 Å². The smallest absolute Gasteiger partial charge is 0.272 e. The minimum Gasteiger partial charge on any atom is -0.497 e. The number of methoxy groups -OCH3 is 2. The van der Waals surface area contributed by atoms with Gasteiger partial charge in [0.15, 0.2) is 9.84 Å². The fraction of sp³-hybridized carbons (Fsp3) is 0.176. The molecule has 0 N–H and O–H groups in total. The number of benzene rings is 3. The molecule has 0 aliphatic carbocycles. The van der Waals surface area contributed by atoms with Crippen LogP contribution in [-0.2, 0) is 19.4 Å². The van der Waals surface area contributed by atoms with E-state index in [1.165, 1.54) is 7.11 Å². The standard InChI is InChI=1S/C34H27BrN4O6S/c1-44-26-11-8-21(9-12-26)31-27(33(40)39(34(41)28(31)18-36)25-14-15-46(42,43)20-25)16-23-19-38(24-6-4-3-5-7-24)37-32(23)22-10-13-30(45-2)29(35)17-22/h3-13,16-17,19,25H,14-15,20H2,1-2H3/b27-16-. The third-order valence-electron chi connectivity index (χ3n) is 7.95. The van der Waals surface area contributed by atoms with Crippen LogP contribution in [0.25, 0.3) is 28.6 Å². The monoisotopic (exact) mass is 698 g/mol. The molecule has 1 atom stereocenters. The fourth-order valence-corrected chi connectivity index (χ4v) is 7.94. The lowest BCUT2D eigenvalue weighted by Gasteiger charge is -2.32. The second-order valence-electron chi connectivity index (χ2n) is 10.7. The Morgan fingerprint density at radius 1 is 0.978 bits per heavy atom. The average molecular weight is 700 g/mol. The topological polar surface area (TPSA) is 132 Å². The summed E-state index contributed by atoms with van der Waals surface area (Å²) in [5, 5.41) is 15.2. The highest BCUT2D eigenvalue weighted by atomic mass is 79.9. The molecular weight excluding hydrogens is 672 g/mol. The first-order valence-electron chi connectivity index (χ1n) is 14.2. The van der Waals surface area contributed by atoms with Crippen molar-refractivity contribution in [3.8, 4) is 34.5 Å². The third kappa shape index (κ3) is 5.75. The van der Waals surface area contributed by atoms with Crippen LogP contribution in [0.1, 0.15) is 17.5 Å². The summed E-state index contributed by atoms with van der Waals surface area (Å²) < 4.78 is 37.9. The Hall–Kier alpha value is -4.99. The van der Waals surface area contributed by atoms with E-state index in [2.05, 4.69) is 15.9 Å². The zero-order valence-electron chi connectivity index (χ0n) is 24.8. The Kier molecular flexibility index (Phi) is 8.37. The number of nitriles is 1. The summed E-state index contributed by atoms with van der Waals surface area (Å²) in [5.41, 5.74) is 2.93. The predicted molar refractivity (Wildman–Crippen MR) is 176 cm³/mol. The average Bonchev–Trinajstić information content (AvgIpc) is 3.65. The van der Waals surface area contributed by atoms with Crippen LogP contribution in [0.3, 0.4) is 0 Å². The van der Waals surface area contributed by atoms with Gasteiger partial charge < -0.3 is 9.47 Å². The molecule has 2 aliphatic rings. The Labute approximate surface area is 274 Å². The summed E-state index contributed by atoms with van der Waals surface area (Å²) in [7, 11) is -0.367. The van der Waals surface area contributed by atoms with Crippen molar-refractivity contribution in [2.75, 3.05) is 25.7 Å². The maximum absolute atomic E-state index is 14.4. The minimum absolute atomic E-state index is 0.0621. The van der Waals surface area contributed by atoms with E-state index < -0.39 is 27.7 Å². The van der Waals surface area contributed by atoms with Crippen LogP contribution in [0.5, 0.6) is 11.5 Å². The Morgan fingerprint density at radius 3 is 2.30 bits per heavy atom. The number of para-hydroxylation sites is 1. The predicted octanol–water partition coefficient (Wildman–Crippen LogP) is 5.24. The number of hydrogen-bond acceptors (Lipinski definition) is 8. The number of aromatic nitrogens is 2. The number of nitrogens with zero attached hydrogens (tertiary/aromatic N) is 4. The quantitative estimate of drug-likeness (QED) is 0.189. The summed E-state index contributed by atoms with van der Waals surface area (Å²) in [6.07, 6.45) is 3.48. The Bertz CT molecular complexity index is 2080. The highest BCUT2D eigenvalue weighted by Crippen LogP contribution is 2.39. The number of hydrogen-bond donors (Lipinski definition) is 0. The second kappa shape index (κ2) is 12.4. The van der Waals surface area contributed by atoms with Crippen LogP contribution in [0.15, 0.2) is 94.6 Å². The number of amides is 2. The summed E-state index contributed by atoms with van der Waals surface area (Å²) in [6.45, 7) is 0. The number of imide groups is 1. The van der Waals surface area contributed by atoms with Crippen LogP contribution < -0.4 is 9.47 Å². The summed E-state index contributed by atoms with van der Waals surface area (Å²) in [4.78, 5) is 29.1. The lowest BCUT2D eigenvalue weighted by atomic mass is 9.86. The molecule has 1 saturated heterocycles. The van der Waals surface area contributed by atoms with E-state index in [4.69, 9.17) is 14.6 Å². The first kappa shape index (κ1) is 31.0. The summed E-state index contributed by atoms with van der Waals surface area (Å²) in [6, 6.07) is 22.7. The van der Waals surface area contributed by atoms with Crippen LogP contribution in [-0.4, -0.2) is 66.7 Å². The van der Waals surface area contributed by atoms with Gasteiger partial charge in [-0.15, -0.1) is 0 Å². The van der Waals surface area contributed by atoms with E-state index in [1.807, 2.05) is 48.5 Å². The highest BCUT2D eigenvalue weighted by Gasteiger charge is 2.45. The van der Waals surface area contributed by atoms with Gasteiger partial charge in [0.2, 0.25) is 0 Å². The molecule has 232 valence electrons. The van der Waals surface area contributed by atoms with E-state index in [0.29, 0.717) is 38.4 Å². The molecule has 2 aliphatic heterocycles. The van der Waals surface area contributed by atoms with Gasteiger partial charge in [0.1, 0.15) is 28.8 Å². The van der Waals surface area contributed by atoms with E-state index in [1.54, 1.807) is 54.4 Å². The normalized spacial score (nSPS) is 18.6. The van der Waals surface area contributed by atoms with Gasteiger partial charge in [0.05, 0.1) is 47.5 Å². The molecule has 4 aromatic rings. The first-order chi connectivity index (χ1) is 22.1. The van der Waals surface area contributed by atoms with Gasteiger partial charge in [-0.3, -0.25) is 14.5 Å². The van der Waals surface area contributed by atoms with Gasteiger partial charge in [-0.2, -0.15) is 10.4 Å².